The molecule has 2 rings (SSSR count). The van der Waals surface area contributed by atoms with Gasteiger partial charge in [0.05, 0.1) is 11.9 Å². The highest BCUT2D eigenvalue weighted by Gasteiger charge is 2.09. The molecular weight excluding hydrogens is 217 g/mol. The zero-order valence-corrected chi connectivity index (χ0v) is 10.2. The third-order valence-corrected chi connectivity index (χ3v) is 2.79. The lowest BCUT2D eigenvalue weighted by Gasteiger charge is -2.06. The molecule has 0 radical (unpaired) electrons. The van der Waals surface area contributed by atoms with Crippen LogP contribution in [0.4, 0.5) is 10.1 Å². The van der Waals surface area contributed by atoms with Gasteiger partial charge in [0.15, 0.2) is 0 Å². The maximum atomic E-state index is 13.3. The third-order valence-electron chi connectivity index (χ3n) is 2.79. The van der Waals surface area contributed by atoms with Gasteiger partial charge in [-0.15, -0.1) is 0 Å². The molecule has 2 N–H and O–H groups in total. The second kappa shape index (κ2) is 4.20. The number of benzene rings is 1. The molecule has 90 valence electrons. The molecular formula is C13H16FN3. The minimum Gasteiger partial charge on any atom is -0.396 e. The Hall–Kier alpha value is -1.84. The number of hydrogen-bond donors (Lipinski definition) is 1. The van der Waals surface area contributed by atoms with Crippen molar-refractivity contribution >= 4 is 5.69 Å². The van der Waals surface area contributed by atoms with E-state index < -0.39 is 0 Å². The van der Waals surface area contributed by atoms with Crippen molar-refractivity contribution in [2.45, 2.75) is 26.8 Å². The van der Waals surface area contributed by atoms with E-state index >= 15 is 0 Å². The number of nitrogen functional groups attached to an aromatic ring is 1. The molecule has 0 atom stereocenters. The van der Waals surface area contributed by atoms with Gasteiger partial charge >= 0.3 is 0 Å². The largest absolute Gasteiger partial charge is 0.396 e. The van der Waals surface area contributed by atoms with E-state index in [0.29, 0.717) is 6.04 Å². The molecule has 0 fully saturated rings. The summed E-state index contributed by atoms with van der Waals surface area (Å²) in [4.78, 5) is 0. The van der Waals surface area contributed by atoms with Crippen LogP contribution in [0, 0.1) is 12.7 Å². The molecule has 1 aromatic heterocycles. The Balaban J connectivity index is 2.49. The summed E-state index contributed by atoms with van der Waals surface area (Å²) in [6.07, 6.45) is 3.73. The first-order valence-corrected chi connectivity index (χ1v) is 5.59. The quantitative estimate of drug-likeness (QED) is 0.810. The highest BCUT2D eigenvalue weighted by atomic mass is 19.1. The van der Waals surface area contributed by atoms with Crippen molar-refractivity contribution in [2.75, 3.05) is 5.73 Å². The van der Waals surface area contributed by atoms with E-state index in [0.717, 1.165) is 16.7 Å². The van der Waals surface area contributed by atoms with Gasteiger partial charge in [0.1, 0.15) is 5.82 Å². The lowest BCUT2D eigenvalue weighted by molar-refractivity contribution is 0.532. The van der Waals surface area contributed by atoms with E-state index in [-0.39, 0.29) is 11.5 Å². The van der Waals surface area contributed by atoms with Crippen LogP contribution in [0.25, 0.3) is 11.1 Å². The van der Waals surface area contributed by atoms with Gasteiger partial charge in [0.25, 0.3) is 0 Å². The van der Waals surface area contributed by atoms with Gasteiger partial charge in [0, 0.05) is 17.8 Å². The third kappa shape index (κ3) is 2.16. The van der Waals surface area contributed by atoms with Crippen molar-refractivity contribution in [1.29, 1.82) is 0 Å². The second-order valence-electron chi connectivity index (χ2n) is 4.49. The second-order valence-corrected chi connectivity index (χ2v) is 4.49. The van der Waals surface area contributed by atoms with E-state index in [2.05, 4.69) is 18.9 Å². The molecule has 0 amide bonds. The first kappa shape index (κ1) is 11.6. The molecule has 0 aliphatic carbocycles. The SMILES string of the molecule is Cc1cc(F)c(N)cc1-c1cnn(C(C)C)c1. The van der Waals surface area contributed by atoms with Crippen molar-refractivity contribution in [2.24, 2.45) is 0 Å². The van der Waals surface area contributed by atoms with Crippen molar-refractivity contribution in [3.05, 3.63) is 35.9 Å². The molecule has 0 saturated carbocycles. The lowest BCUT2D eigenvalue weighted by Crippen LogP contribution is -1.99. The Morgan fingerprint density at radius 2 is 2.06 bits per heavy atom. The highest BCUT2D eigenvalue weighted by molar-refractivity contribution is 5.70. The smallest absolute Gasteiger partial charge is 0.146 e. The standard InChI is InChI=1S/C13H16FN3/c1-8(2)17-7-10(6-16-17)11-5-13(15)12(14)4-9(11)3/h4-8H,15H2,1-3H3. The van der Waals surface area contributed by atoms with Gasteiger partial charge in [-0.25, -0.2) is 4.39 Å². The summed E-state index contributed by atoms with van der Waals surface area (Å²) in [6.45, 7) is 5.98. The number of rotatable bonds is 2. The minimum atomic E-state index is -0.373. The Labute approximate surface area is 100 Å². The zero-order valence-electron chi connectivity index (χ0n) is 10.2. The Morgan fingerprint density at radius 3 is 2.65 bits per heavy atom. The Kier molecular flexibility index (Phi) is 2.88. The molecule has 4 heteroatoms. The van der Waals surface area contributed by atoms with Crippen molar-refractivity contribution in [1.82, 2.24) is 9.78 Å². The average Bonchev–Trinajstić information content (AvgIpc) is 2.72. The van der Waals surface area contributed by atoms with Gasteiger partial charge in [-0.1, -0.05) is 0 Å². The normalized spacial score (nSPS) is 11.1. The van der Waals surface area contributed by atoms with E-state index in [9.17, 15) is 4.39 Å². The van der Waals surface area contributed by atoms with Crippen LogP contribution >= 0.6 is 0 Å². The van der Waals surface area contributed by atoms with Crippen LogP contribution in [-0.2, 0) is 0 Å². The predicted octanol–water partition coefficient (Wildman–Crippen LogP) is 3.16. The number of hydrogen-bond acceptors (Lipinski definition) is 2. The van der Waals surface area contributed by atoms with Crippen molar-refractivity contribution in [3.63, 3.8) is 0 Å². The molecule has 1 heterocycles. The van der Waals surface area contributed by atoms with Crippen LogP contribution in [0.5, 0.6) is 0 Å². The summed E-state index contributed by atoms with van der Waals surface area (Å²) in [6, 6.07) is 3.42. The predicted molar refractivity (Wildman–Crippen MR) is 67.2 cm³/mol. The monoisotopic (exact) mass is 233 g/mol. The summed E-state index contributed by atoms with van der Waals surface area (Å²) in [5.74, 6) is -0.373. The highest BCUT2D eigenvalue weighted by Crippen LogP contribution is 2.27. The van der Waals surface area contributed by atoms with E-state index in [1.807, 2.05) is 17.8 Å². The molecule has 0 unspecified atom stereocenters. The number of nitrogens with two attached hydrogens (primary N) is 1. The molecule has 3 nitrogen and oxygen atoms in total. The number of halogens is 1. The minimum absolute atomic E-state index is 0.169. The van der Waals surface area contributed by atoms with Crippen LogP contribution < -0.4 is 5.73 Å². The van der Waals surface area contributed by atoms with E-state index in [1.165, 1.54) is 6.07 Å². The van der Waals surface area contributed by atoms with Crippen LogP contribution in [0.15, 0.2) is 24.5 Å². The van der Waals surface area contributed by atoms with E-state index in [4.69, 9.17) is 5.73 Å². The van der Waals surface area contributed by atoms with Crippen molar-refractivity contribution < 1.29 is 4.39 Å². The molecule has 0 bridgehead atoms. The van der Waals surface area contributed by atoms with Crippen LogP contribution in [0.1, 0.15) is 25.5 Å². The fourth-order valence-corrected chi connectivity index (χ4v) is 1.76. The summed E-state index contributed by atoms with van der Waals surface area (Å²) < 4.78 is 15.1. The van der Waals surface area contributed by atoms with Crippen molar-refractivity contribution in [3.8, 4) is 11.1 Å². The number of aryl methyl sites for hydroxylation is 1. The summed E-state index contributed by atoms with van der Waals surface area (Å²) in [5.41, 5.74) is 8.51. The Bertz CT molecular complexity index is 544. The fraction of sp³-hybridized carbons (Fsp3) is 0.308. The number of nitrogens with zero attached hydrogens (tertiary/aromatic N) is 2. The first-order chi connectivity index (χ1) is 7.99. The average molecular weight is 233 g/mol. The van der Waals surface area contributed by atoms with Crippen LogP contribution in [0.2, 0.25) is 0 Å². The van der Waals surface area contributed by atoms with Crippen LogP contribution in [0.3, 0.4) is 0 Å². The molecule has 1 aromatic carbocycles. The van der Waals surface area contributed by atoms with Crippen LogP contribution in [-0.4, -0.2) is 9.78 Å². The molecule has 0 aliphatic heterocycles. The van der Waals surface area contributed by atoms with Gasteiger partial charge in [-0.2, -0.15) is 5.10 Å². The topological polar surface area (TPSA) is 43.8 Å². The lowest BCUT2D eigenvalue weighted by atomic mass is 10.0. The fourth-order valence-electron chi connectivity index (χ4n) is 1.76. The molecule has 0 aliphatic rings. The summed E-state index contributed by atoms with van der Waals surface area (Å²) in [7, 11) is 0. The van der Waals surface area contributed by atoms with Gasteiger partial charge < -0.3 is 5.73 Å². The van der Waals surface area contributed by atoms with E-state index in [1.54, 1.807) is 12.3 Å². The molecule has 0 spiro atoms. The summed E-state index contributed by atoms with van der Waals surface area (Å²) >= 11 is 0. The van der Waals surface area contributed by atoms with Gasteiger partial charge in [-0.05, 0) is 44.0 Å². The van der Waals surface area contributed by atoms with Gasteiger partial charge in [0.2, 0.25) is 0 Å². The number of anilines is 1. The zero-order chi connectivity index (χ0) is 12.6. The summed E-state index contributed by atoms with van der Waals surface area (Å²) in [5, 5.41) is 4.27. The van der Waals surface area contributed by atoms with Gasteiger partial charge in [-0.3, -0.25) is 4.68 Å². The maximum Gasteiger partial charge on any atom is 0.146 e. The Morgan fingerprint density at radius 1 is 1.35 bits per heavy atom. The molecule has 0 saturated heterocycles. The maximum absolute atomic E-state index is 13.3. The first-order valence-electron chi connectivity index (χ1n) is 5.59. The number of aromatic nitrogens is 2. The molecule has 17 heavy (non-hydrogen) atoms. The molecule has 2 aromatic rings.